The SMILES string of the molecule is Cc1cc(C)c(S(=O)(=O)N(CCO)CCO)cc1C(=O)O. The van der Waals surface area contributed by atoms with Gasteiger partial charge in [0.2, 0.25) is 10.0 Å². The summed E-state index contributed by atoms with van der Waals surface area (Å²) < 4.78 is 26.0. The van der Waals surface area contributed by atoms with Crippen molar-refractivity contribution >= 4 is 16.0 Å². The summed E-state index contributed by atoms with van der Waals surface area (Å²) in [5.41, 5.74) is 0.792. The largest absolute Gasteiger partial charge is 0.478 e. The molecule has 0 spiro atoms. The zero-order valence-corrected chi connectivity index (χ0v) is 12.7. The minimum absolute atomic E-state index is 0.0906. The van der Waals surface area contributed by atoms with Crippen molar-refractivity contribution in [1.29, 1.82) is 0 Å². The first kappa shape index (κ1) is 17.6. The molecule has 0 aliphatic heterocycles. The first-order valence-corrected chi connectivity index (χ1v) is 7.76. The average molecular weight is 317 g/mol. The third-order valence-electron chi connectivity index (χ3n) is 3.07. The standard InChI is InChI=1S/C13H19NO6S/c1-9-7-10(2)12(8-11(9)13(17)18)21(19,20)14(3-5-15)4-6-16/h7-8,15-16H,3-6H2,1-2H3,(H,17,18). The molecule has 0 saturated heterocycles. The van der Waals surface area contributed by atoms with Crippen LogP contribution in [0.1, 0.15) is 21.5 Å². The molecule has 118 valence electrons. The summed E-state index contributed by atoms with van der Waals surface area (Å²) in [6, 6.07) is 2.61. The maximum absolute atomic E-state index is 12.5. The Bertz CT molecular complexity index is 620. The second-order valence-corrected chi connectivity index (χ2v) is 6.50. The monoisotopic (exact) mass is 317 g/mol. The Hall–Kier alpha value is -1.48. The minimum Gasteiger partial charge on any atom is -0.478 e. The Morgan fingerprint density at radius 3 is 2.05 bits per heavy atom. The second kappa shape index (κ2) is 6.99. The fraction of sp³-hybridized carbons (Fsp3) is 0.462. The van der Waals surface area contributed by atoms with Crippen molar-refractivity contribution in [2.45, 2.75) is 18.7 Å². The summed E-state index contributed by atoms with van der Waals surface area (Å²) in [5, 5.41) is 27.0. The Morgan fingerprint density at radius 1 is 1.10 bits per heavy atom. The van der Waals surface area contributed by atoms with E-state index in [1.54, 1.807) is 13.8 Å². The molecule has 0 unspecified atom stereocenters. The zero-order chi connectivity index (χ0) is 16.2. The summed E-state index contributed by atoms with van der Waals surface area (Å²) in [6.07, 6.45) is 0. The Labute approximate surface area is 123 Å². The highest BCUT2D eigenvalue weighted by molar-refractivity contribution is 7.89. The lowest BCUT2D eigenvalue weighted by atomic mass is 10.1. The number of aromatic carboxylic acids is 1. The summed E-state index contributed by atoms with van der Waals surface area (Å²) in [7, 11) is -3.98. The molecule has 0 aliphatic carbocycles. The van der Waals surface area contributed by atoms with Gasteiger partial charge < -0.3 is 15.3 Å². The van der Waals surface area contributed by atoms with Gasteiger partial charge >= 0.3 is 5.97 Å². The summed E-state index contributed by atoms with van der Waals surface area (Å²) in [4.78, 5) is 11.0. The van der Waals surface area contributed by atoms with Crippen molar-refractivity contribution in [3.63, 3.8) is 0 Å². The number of hydrogen-bond donors (Lipinski definition) is 3. The number of hydrogen-bond acceptors (Lipinski definition) is 5. The van der Waals surface area contributed by atoms with Gasteiger partial charge in [0.1, 0.15) is 0 Å². The Morgan fingerprint density at radius 2 is 1.62 bits per heavy atom. The molecule has 0 radical (unpaired) electrons. The number of nitrogens with zero attached hydrogens (tertiary/aromatic N) is 1. The van der Waals surface area contributed by atoms with E-state index < -0.39 is 29.2 Å². The van der Waals surface area contributed by atoms with Crippen LogP contribution in [-0.4, -0.2) is 60.3 Å². The van der Waals surface area contributed by atoms with E-state index in [1.165, 1.54) is 6.07 Å². The maximum Gasteiger partial charge on any atom is 0.335 e. The second-order valence-electron chi connectivity index (χ2n) is 4.59. The molecule has 1 aromatic carbocycles. The van der Waals surface area contributed by atoms with Gasteiger partial charge in [0.25, 0.3) is 0 Å². The molecular weight excluding hydrogens is 298 g/mol. The van der Waals surface area contributed by atoms with Crippen molar-refractivity contribution in [3.05, 3.63) is 28.8 Å². The number of sulfonamides is 1. The number of aliphatic hydroxyl groups is 2. The van der Waals surface area contributed by atoms with Crippen LogP contribution in [0.25, 0.3) is 0 Å². The van der Waals surface area contributed by atoms with Crippen LogP contribution in [0.5, 0.6) is 0 Å². The minimum atomic E-state index is -3.98. The Kier molecular flexibility index (Phi) is 5.85. The van der Waals surface area contributed by atoms with Gasteiger partial charge in [0, 0.05) is 13.1 Å². The van der Waals surface area contributed by atoms with Gasteiger partial charge in [-0.25, -0.2) is 13.2 Å². The molecule has 0 aromatic heterocycles. The summed E-state index contributed by atoms with van der Waals surface area (Å²) >= 11 is 0. The van der Waals surface area contributed by atoms with Crippen LogP contribution in [0.4, 0.5) is 0 Å². The van der Waals surface area contributed by atoms with Crippen molar-refractivity contribution < 1.29 is 28.5 Å². The van der Waals surface area contributed by atoms with Gasteiger partial charge in [-0.1, -0.05) is 6.07 Å². The van der Waals surface area contributed by atoms with Gasteiger partial charge in [0.05, 0.1) is 23.7 Å². The molecule has 1 rings (SSSR count). The highest BCUT2D eigenvalue weighted by Crippen LogP contribution is 2.23. The average Bonchev–Trinajstić information content (AvgIpc) is 2.37. The maximum atomic E-state index is 12.5. The topological polar surface area (TPSA) is 115 Å². The number of aryl methyl sites for hydroxylation is 2. The van der Waals surface area contributed by atoms with E-state index in [2.05, 4.69) is 0 Å². The third kappa shape index (κ3) is 3.79. The van der Waals surface area contributed by atoms with E-state index in [-0.39, 0.29) is 23.5 Å². The first-order valence-electron chi connectivity index (χ1n) is 6.32. The highest BCUT2D eigenvalue weighted by Gasteiger charge is 2.27. The van der Waals surface area contributed by atoms with Crippen molar-refractivity contribution in [1.82, 2.24) is 4.31 Å². The molecule has 8 heteroatoms. The number of carboxylic acid groups (broad SMARTS) is 1. The van der Waals surface area contributed by atoms with Gasteiger partial charge in [-0.3, -0.25) is 0 Å². The normalized spacial score (nSPS) is 11.9. The van der Waals surface area contributed by atoms with Gasteiger partial charge in [-0.2, -0.15) is 4.31 Å². The van der Waals surface area contributed by atoms with Crippen LogP contribution in [0.3, 0.4) is 0 Å². The predicted octanol–water partition coefficient (Wildman–Crippen LogP) is -0.0231. The van der Waals surface area contributed by atoms with E-state index in [0.29, 0.717) is 11.1 Å². The lowest BCUT2D eigenvalue weighted by Gasteiger charge is -2.22. The molecule has 1 aromatic rings. The van der Waals surface area contributed by atoms with Crippen LogP contribution in [-0.2, 0) is 10.0 Å². The van der Waals surface area contributed by atoms with Gasteiger partial charge in [-0.15, -0.1) is 0 Å². The lowest BCUT2D eigenvalue weighted by molar-refractivity contribution is 0.0696. The molecule has 0 fully saturated rings. The lowest BCUT2D eigenvalue weighted by Crippen LogP contribution is -2.36. The number of carboxylic acids is 1. The third-order valence-corrected chi connectivity index (χ3v) is 5.11. The van der Waals surface area contributed by atoms with E-state index in [1.807, 2.05) is 0 Å². The van der Waals surface area contributed by atoms with E-state index in [0.717, 1.165) is 10.4 Å². The van der Waals surface area contributed by atoms with Crippen LogP contribution in [0.15, 0.2) is 17.0 Å². The molecule has 0 bridgehead atoms. The summed E-state index contributed by atoms with van der Waals surface area (Å²) in [6.45, 7) is 2.04. The number of aliphatic hydroxyl groups excluding tert-OH is 2. The molecule has 0 saturated carbocycles. The zero-order valence-electron chi connectivity index (χ0n) is 11.9. The highest BCUT2D eigenvalue weighted by atomic mass is 32.2. The number of benzene rings is 1. The smallest absolute Gasteiger partial charge is 0.335 e. The van der Waals surface area contributed by atoms with Gasteiger partial charge in [-0.05, 0) is 31.0 Å². The van der Waals surface area contributed by atoms with E-state index in [4.69, 9.17) is 15.3 Å². The van der Waals surface area contributed by atoms with Crippen LogP contribution >= 0.6 is 0 Å². The summed E-state index contributed by atoms with van der Waals surface area (Å²) in [5.74, 6) is -1.21. The van der Waals surface area contributed by atoms with Crippen LogP contribution < -0.4 is 0 Å². The molecule has 21 heavy (non-hydrogen) atoms. The van der Waals surface area contributed by atoms with E-state index in [9.17, 15) is 13.2 Å². The molecule has 0 heterocycles. The number of rotatable bonds is 7. The molecule has 3 N–H and O–H groups in total. The van der Waals surface area contributed by atoms with E-state index >= 15 is 0 Å². The first-order chi connectivity index (χ1) is 9.75. The molecule has 0 amide bonds. The fourth-order valence-corrected chi connectivity index (χ4v) is 3.71. The quantitative estimate of drug-likeness (QED) is 0.651. The molecular formula is C13H19NO6S. The molecule has 0 aliphatic rings. The van der Waals surface area contributed by atoms with Crippen molar-refractivity contribution in [2.24, 2.45) is 0 Å². The van der Waals surface area contributed by atoms with Crippen LogP contribution in [0.2, 0.25) is 0 Å². The van der Waals surface area contributed by atoms with Crippen molar-refractivity contribution in [3.8, 4) is 0 Å². The van der Waals surface area contributed by atoms with Crippen molar-refractivity contribution in [2.75, 3.05) is 26.3 Å². The molecule has 7 nitrogen and oxygen atoms in total. The molecule has 0 atom stereocenters. The fourth-order valence-electron chi connectivity index (χ4n) is 2.06. The van der Waals surface area contributed by atoms with Gasteiger partial charge in [0.15, 0.2) is 0 Å². The predicted molar refractivity (Wildman–Crippen MR) is 75.8 cm³/mol. The van der Waals surface area contributed by atoms with Crippen LogP contribution in [0, 0.1) is 13.8 Å². The number of carbonyl (C=O) groups is 1. The Balaban J connectivity index is 3.42.